The predicted molar refractivity (Wildman–Crippen MR) is 49.9 cm³/mol. The van der Waals surface area contributed by atoms with Gasteiger partial charge in [0.1, 0.15) is 5.75 Å². The second-order valence-corrected chi connectivity index (χ2v) is 2.81. The molecule has 0 saturated carbocycles. The maximum atomic E-state index is 11.4. The van der Waals surface area contributed by atoms with Crippen LogP contribution in [-0.2, 0) is 0 Å². The Morgan fingerprint density at radius 3 is 2.29 bits per heavy atom. The summed E-state index contributed by atoms with van der Waals surface area (Å²) in [5.74, 6) is 0.784. The molecule has 0 amide bonds. The van der Waals surface area contributed by atoms with Gasteiger partial charge in [-0.05, 0) is 11.5 Å². The minimum atomic E-state index is 0. The summed E-state index contributed by atoms with van der Waals surface area (Å²) >= 11 is 0. The first-order valence-corrected chi connectivity index (χ1v) is 4.05. The van der Waals surface area contributed by atoms with E-state index in [0.717, 1.165) is 11.1 Å². The molecule has 2 aromatic rings. The Hall–Kier alpha value is -0.700. The number of rotatable bonds is 1. The van der Waals surface area contributed by atoms with Gasteiger partial charge in [0, 0.05) is 5.39 Å². The van der Waals surface area contributed by atoms with Crippen LogP contribution in [0.5, 0.6) is 11.5 Å². The third kappa shape index (κ3) is 1.87. The molecule has 0 aliphatic rings. The van der Waals surface area contributed by atoms with Crippen molar-refractivity contribution in [3.8, 4) is 11.5 Å². The van der Waals surface area contributed by atoms with Gasteiger partial charge >= 0.3 is 29.6 Å². The van der Waals surface area contributed by atoms with Crippen molar-refractivity contribution in [2.24, 2.45) is 0 Å². The molecule has 0 aromatic heterocycles. The quantitative estimate of drug-likeness (QED) is 0.544. The van der Waals surface area contributed by atoms with E-state index in [9.17, 15) is 5.11 Å². The van der Waals surface area contributed by atoms with E-state index in [1.807, 2.05) is 18.2 Å². The smallest absolute Gasteiger partial charge is 0.872 e. The molecule has 0 bridgehead atoms. The van der Waals surface area contributed by atoms with Crippen LogP contribution in [0.4, 0.5) is 0 Å². The zero-order valence-electron chi connectivity index (χ0n) is 8.28. The fourth-order valence-corrected chi connectivity index (χ4v) is 1.42. The molecule has 2 nitrogen and oxygen atoms in total. The van der Waals surface area contributed by atoms with Gasteiger partial charge in [0.2, 0.25) is 0 Å². The Bertz CT molecular complexity index is 440. The van der Waals surface area contributed by atoms with Crippen LogP contribution in [-0.4, -0.2) is 7.11 Å². The number of fused-ring (bicyclic) bond motifs is 1. The van der Waals surface area contributed by atoms with Gasteiger partial charge in [-0.3, -0.25) is 0 Å². The van der Waals surface area contributed by atoms with E-state index in [4.69, 9.17) is 4.74 Å². The number of benzene rings is 2. The third-order valence-electron chi connectivity index (χ3n) is 2.06. The molecular formula is C11H9NaO2. The first-order valence-electron chi connectivity index (χ1n) is 4.05. The van der Waals surface area contributed by atoms with Crippen molar-refractivity contribution >= 4 is 10.8 Å². The number of hydrogen-bond donors (Lipinski definition) is 0. The van der Waals surface area contributed by atoms with Crippen molar-refractivity contribution in [3.05, 3.63) is 36.4 Å². The van der Waals surface area contributed by atoms with Gasteiger partial charge < -0.3 is 9.84 Å². The molecule has 0 fully saturated rings. The fraction of sp³-hybridized carbons (Fsp3) is 0.0909. The monoisotopic (exact) mass is 196 g/mol. The standard InChI is InChI=1S/C11H10O2.Na/c1-13-11-7-6-10(12)8-4-2-3-5-9(8)11;/h2-7,12H,1H3;/q;+1/p-1. The van der Waals surface area contributed by atoms with E-state index in [1.165, 1.54) is 6.07 Å². The Balaban J connectivity index is 0.000000980. The van der Waals surface area contributed by atoms with Gasteiger partial charge in [0.25, 0.3) is 0 Å². The van der Waals surface area contributed by atoms with Crippen molar-refractivity contribution in [2.75, 3.05) is 7.11 Å². The fourth-order valence-electron chi connectivity index (χ4n) is 1.42. The van der Waals surface area contributed by atoms with Crippen LogP contribution >= 0.6 is 0 Å². The molecule has 3 heteroatoms. The molecule has 0 saturated heterocycles. The molecule has 2 aromatic carbocycles. The number of hydrogen-bond acceptors (Lipinski definition) is 2. The molecule has 0 atom stereocenters. The molecule has 0 spiro atoms. The van der Waals surface area contributed by atoms with Crippen LogP contribution in [0, 0.1) is 0 Å². The largest absolute Gasteiger partial charge is 1.00 e. The molecular weight excluding hydrogens is 187 g/mol. The Labute approximate surface area is 105 Å². The first-order chi connectivity index (χ1) is 6.33. The van der Waals surface area contributed by atoms with Crippen molar-refractivity contribution in [1.29, 1.82) is 0 Å². The summed E-state index contributed by atoms with van der Waals surface area (Å²) in [6.07, 6.45) is 0. The van der Waals surface area contributed by atoms with E-state index in [1.54, 1.807) is 19.2 Å². The van der Waals surface area contributed by atoms with Gasteiger partial charge in [-0.25, -0.2) is 0 Å². The molecule has 0 radical (unpaired) electrons. The normalized spacial score (nSPS) is 9.50. The minimum absolute atomic E-state index is 0. The van der Waals surface area contributed by atoms with Gasteiger partial charge in [-0.15, -0.1) is 5.75 Å². The van der Waals surface area contributed by atoms with Crippen LogP contribution in [0.3, 0.4) is 0 Å². The van der Waals surface area contributed by atoms with E-state index < -0.39 is 0 Å². The number of methoxy groups -OCH3 is 1. The SMILES string of the molecule is COc1ccc([O-])c2ccccc12.[Na+]. The molecule has 0 heterocycles. The molecule has 2 rings (SSSR count). The van der Waals surface area contributed by atoms with Crippen LogP contribution in [0.2, 0.25) is 0 Å². The van der Waals surface area contributed by atoms with E-state index in [2.05, 4.69) is 0 Å². The average molecular weight is 196 g/mol. The summed E-state index contributed by atoms with van der Waals surface area (Å²) in [6.45, 7) is 0. The predicted octanol–water partition coefficient (Wildman–Crippen LogP) is -1.07. The van der Waals surface area contributed by atoms with Crippen molar-refractivity contribution in [1.82, 2.24) is 0 Å². The number of ether oxygens (including phenoxy) is 1. The topological polar surface area (TPSA) is 32.3 Å². The van der Waals surface area contributed by atoms with Crippen molar-refractivity contribution in [3.63, 3.8) is 0 Å². The molecule has 0 N–H and O–H groups in total. The van der Waals surface area contributed by atoms with Gasteiger partial charge in [0.15, 0.2) is 0 Å². The summed E-state index contributed by atoms with van der Waals surface area (Å²) in [6, 6.07) is 10.7. The second-order valence-electron chi connectivity index (χ2n) is 2.81. The second kappa shape index (κ2) is 4.69. The minimum Gasteiger partial charge on any atom is -0.872 e. The molecule has 0 aliphatic carbocycles. The summed E-state index contributed by atoms with van der Waals surface area (Å²) in [5, 5.41) is 13.0. The Morgan fingerprint density at radius 1 is 1.00 bits per heavy atom. The van der Waals surface area contributed by atoms with E-state index in [-0.39, 0.29) is 35.3 Å². The van der Waals surface area contributed by atoms with E-state index in [0.29, 0.717) is 5.39 Å². The molecule has 66 valence electrons. The van der Waals surface area contributed by atoms with Crippen molar-refractivity contribution < 1.29 is 39.4 Å². The summed E-state index contributed by atoms with van der Waals surface area (Å²) < 4.78 is 5.14. The molecule has 0 aliphatic heterocycles. The Kier molecular flexibility index (Phi) is 3.81. The van der Waals surface area contributed by atoms with Gasteiger partial charge in [-0.2, -0.15) is 0 Å². The zero-order valence-corrected chi connectivity index (χ0v) is 10.3. The first kappa shape index (κ1) is 11.4. The van der Waals surface area contributed by atoms with Crippen LogP contribution in [0.1, 0.15) is 0 Å². The summed E-state index contributed by atoms with van der Waals surface area (Å²) in [5.41, 5.74) is 0. The maximum absolute atomic E-state index is 11.4. The average Bonchev–Trinajstić information content (AvgIpc) is 2.19. The van der Waals surface area contributed by atoms with Gasteiger partial charge in [-0.1, -0.05) is 30.3 Å². The van der Waals surface area contributed by atoms with Crippen LogP contribution in [0.15, 0.2) is 36.4 Å². The van der Waals surface area contributed by atoms with Crippen LogP contribution in [0.25, 0.3) is 10.8 Å². The Morgan fingerprint density at radius 2 is 1.64 bits per heavy atom. The molecule has 0 unspecified atom stereocenters. The summed E-state index contributed by atoms with van der Waals surface area (Å²) in [4.78, 5) is 0. The maximum Gasteiger partial charge on any atom is 1.00 e. The van der Waals surface area contributed by atoms with Gasteiger partial charge in [0.05, 0.1) is 7.11 Å². The third-order valence-corrected chi connectivity index (χ3v) is 2.06. The van der Waals surface area contributed by atoms with E-state index >= 15 is 0 Å². The summed E-state index contributed by atoms with van der Waals surface area (Å²) in [7, 11) is 1.60. The molecule has 14 heavy (non-hydrogen) atoms. The van der Waals surface area contributed by atoms with Crippen LogP contribution < -0.4 is 39.4 Å². The van der Waals surface area contributed by atoms with Crippen molar-refractivity contribution in [2.45, 2.75) is 0 Å². The zero-order chi connectivity index (χ0) is 9.26.